The lowest BCUT2D eigenvalue weighted by Gasteiger charge is -2.22. The Hall–Kier alpha value is -1.06. The van der Waals surface area contributed by atoms with E-state index in [0.717, 1.165) is 18.4 Å². The van der Waals surface area contributed by atoms with Gasteiger partial charge in [0, 0.05) is 24.5 Å². The lowest BCUT2D eigenvalue weighted by atomic mass is 10.0. The van der Waals surface area contributed by atoms with Crippen LogP contribution >= 0.6 is 11.6 Å². The van der Waals surface area contributed by atoms with Gasteiger partial charge in [0.25, 0.3) is 0 Å². The zero-order valence-electron chi connectivity index (χ0n) is 11.0. The molecule has 0 saturated heterocycles. The number of hydrogen-bond acceptors (Lipinski definition) is 2. The summed E-state index contributed by atoms with van der Waals surface area (Å²) < 4.78 is 0. The van der Waals surface area contributed by atoms with Crippen LogP contribution in [0.3, 0.4) is 0 Å². The second kappa shape index (κ2) is 7.39. The number of nitrogens with two attached hydrogens (primary N) is 1. The van der Waals surface area contributed by atoms with Crippen LogP contribution in [0, 0.1) is 5.92 Å². The molecule has 2 N–H and O–H groups in total. The van der Waals surface area contributed by atoms with E-state index in [1.807, 2.05) is 38.2 Å². The number of hydrogen-bond donors (Lipinski definition) is 1. The monoisotopic (exact) mass is 268 g/mol. The van der Waals surface area contributed by atoms with E-state index in [1.165, 1.54) is 0 Å². The van der Waals surface area contributed by atoms with Gasteiger partial charge in [0.1, 0.15) is 0 Å². The smallest absolute Gasteiger partial charge is 0.225 e. The van der Waals surface area contributed by atoms with E-state index in [9.17, 15) is 4.79 Å². The number of halogens is 1. The van der Waals surface area contributed by atoms with Crippen LogP contribution in [0.1, 0.15) is 25.3 Å². The van der Waals surface area contributed by atoms with Crippen LogP contribution in [0.15, 0.2) is 24.3 Å². The molecule has 0 bridgehead atoms. The van der Waals surface area contributed by atoms with Crippen LogP contribution in [0.2, 0.25) is 5.02 Å². The zero-order chi connectivity index (χ0) is 13.5. The summed E-state index contributed by atoms with van der Waals surface area (Å²) in [6.07, 6.45) is 1.72. The fourth-order valence-electron chi connectivity index (χ4n) is 1.88. The van der Waals surface area contributed by atoms with Crippen LogP contribution in [0.5, 0.6) is 0 Å². The minimum atomic E-state index is 0.0148. The van der Waals surface area contributed by atoms with Crippen LogP contribution in [-0.4, -0.2) is 24.4 Å². The highest BCUT2D eigenvalue weighted by Crippen LogP contribution is 2.18. The van der Waals surface area contributed by atoms with E-state index in [4.69, 9.17) is 17.3 Å². The predicted molar refractivity (Wildman–Crippen MR) is 75.4 cm³/mol. The highest BCUT2D eigenvalue weighted by molar-refractivity contribution is 6.31. The first-order valence-electron chi connectivity index (χ1n) is 6.24. The molecule has 0 fully saturated rings. The molecule has 1 unspecified atom stereocenters. The standard InChI is InChI=1S/C14H21ClN2O/c1-11(6-5-9-16)14(18)17(2)10-12-7-3-4-8-13(12)15/h3-4,7-8,11H,5-6,9-10,16H2,1-2H3. The highest BCUT2D eigenvalue weighted by atomic mass is 35.5. The molecule has 0 saturated carbocycles. The second-order valence-electron chi connectivity index (χ2n) is 4.62. The first-order valence-corrected chi connectivity index (χ1v) is 6.62. The average Bonchev–Trinajstić information content (AvgIpc) is 2.37. The Balaban J connectivity index is 2.57. The lowest BCUT2D eigenvalue weighted by molar-refractivity contribution is -0.134. The Morgan fingerprint density at radius 3 is 2.72 bits per heavy atom. The molecule has 3 nitrogen and oxygen atoms in total. The van der Waals surface area contributed by atoms with Crippen molar-refractivity contribution in [3.63, 3.8) is 0 Å². The van der Waals surface area contributed by atoms with E-state index in [2.05, 4.69) is 0 Å². The van der Waals surface area contributed by atoms with Gasteiger partial charge in [-0.3, -0.25) is 4.79 Å². The molecule has 0 aliphatic rings. The molecule has 1 aromatic carbocycles. The Morgan fingerprint density at radius 1 is 1.44 bits per heavy atom. The van der Waals surface area contributed by atoms with Gasteiger partial charge in [0.2, 0.25) is 5.91 Å². The van der Waals surface area contributed by atoms with E-state index in [-0.39, 0.29) is 11.8 Å². The summed E-state index contributed by atoms with van der Waals surface area (Å²) >= 11 is 6.08. The number of rotatable bonds is 6. The fraction of sp³-hybridized carbons (Fsp3) is 0.500. The maximum Gasteiger partial charge on any atom is 0.225 e. The summed E-state index contributed by atoms with van der Waals surface area (Å²) in [6, 6.07) is 7.60. The van der Waals surface area contributed by atoms with Crippen molar-refractivity contribution >= 4 is 17.5 Å². The maximum atomic E-state index is 12.1. The quantitative estimate of drug-likeness (QED) is 0.862. The van der Waals surface area contributed by atoms with Gasteiger partial charge in [-0.15, -0.1) is 0 Å². The van der Waals surface area contributed by atoms with Gasteiger partial charge in [0.05, 0.1) is 0 Å². The normalized spacial score (nSPS) is 12.2. The van der Waals surface area contributed by atoms with Crippen molar-refractivity contribution in [2.45, 2.75) is 26.3 Å². The minimum Gasteiger partial charge on any atom is -0.341 e. The zero-order valence-corrected chi connectivity index (χ0v) is 11.8. The summed E-state index contributed by atoms with van der Waals surface area (Å²) in [7, 11) is 1.81. The molecular formula is C14H21ClN2O. The van der Waals surface area contributed by atoms with Crippen LogP contribution in [0.4, 0.5) is 0 Å². The molecule has 100 valence electrons. The third kappa shape index (κ3) is 4.31. The van der Waals surface area contributed by atoms with Crippen molar-refractivity contribution in [1.82, 2.24) is 4.90 Å². The van der Waals surface area contributed by atoms with E-state index in [0.29, 0.717) is 18.1 Å². The summed E-state index contributed by atoms with van der Waals surface area (Å²) in [5.41, 5.74) is 6.43. The van der Waals surface area contributed by atoms with Crippen LogP contribution in [0.25, 0.3) is 0 Å². The van der Waals surface area contributed by atoms with Crippen LogP contribution < -0.4 is 5.73 Å². The largest absolute Gasteiger partial charge is 0.341 e. The molecule has 0 heterocycles. The summed E-state index contributed by atoms with van der Waals surface area (Å²) in [5.74, 6) is 0.157. The molecule has 18 heavy (non-hydrogen) atoms. The molecule has 1 amide bonds. The van der Waals surface area contributed by atoms with Crippen LogP contribution in [-0.2, 0) is 11.3 Å². The number of nitrogens with zero attached hydrogens (tertiary/aromatic N) is 1. The van der Waals surface area contributed by atoms with Crippen molar-refractivity contribution in [1.29, 1.82) is 0 Å². The fourth-order valence-corrected chi connectivity index (χ4v) is 2.08. The first kappa shape index (κ1) is 15.0. The third-order valence-electron chi connectivity index (χ3n) is 3.00. The van der Waals surface area contributed by atoms with Gasteiger partial charge in [-0.2, -0.15) is 0 Å². The molecule has 0 radical (unpaired) electrons. The lowest BCUT2D eigenvalue weighted by Crippen LogP contribution is -2.31. The van der Waals surface area contributed by atoms with Crippen molar-refractivity contribution in [3.8, 4) is 0 Å². The predicted octanol–water partition coefficient (Wildman–Crippen LogP) is 2.67. The average molecular weight is 269 g/mol. The van der Waals surface area contributed by atoms with Gasteiger partial charge < -0.3 is 10.6 Å². The van der Waals surface area contributed by atoms with Gasteiger partial charge in [-0.05, 0) is 31.0 Å². The number of carbonyl (C=O) groups excluding carboxylic acids is 1. The van der Waals surface area contributed by atoms with E-state index >= 15 is 0 Å². The summed E-state index contributed by atoms with van der Waals surface area (Å²) in [6.45, 7) is 3.12. The number of amides is 1. The van der Waals surface area contributed by atoms with Crippen molar-refractivity contribution < 1.29 is 4.79 Å². The first-order chi connectivity index (χ1) is 8.56. The summed E-state index contributed by atoms with van der Waals surface area (Å²) in [4.78, 5) is 13.8. The number of carbonyl (C=O) groups is 1. The minimum absolute atomic E-state index is 0.0148. The Kier molecular flexibility index (Phi) is 6.16. The molecule has 4 heteroatoms. The van der Waals surface area contributed by atoms with Crippen molar-refractivity contribution in [2.75, 3.05) is 13.6 Å². The molecule has 0 aromatic heterocycles. The topological polar surface area (TPSA) is 46.3 Å². The van der Waals surface area contributed by atoms with Gasteiger partial charge >= 0.3 is 0 Å². The van der Waals surface area contributed by atoms with Gasteiger partial charge in [-0.25, -0.2) is 0 Å². The third-order valence-corrected chi connectivity index (χ3v) is 3.37. The van der Waals surface area contributed by atoms with E-state index in [1.54, 1.807) is 4.90 Å². The second-order valence-corrected chi connectivity index (χ2v) is 5.02. The molecule has 0 spiro atoms. The molecule has 0 aliphatic heterocycles. The Morgan fingerprint density at radius 2 is 2.11 bits per heavy atom. The molecule has 1 rings (SSSR count). The van der Waals surface area contributed by atoms with Crippen molar-refractivity contribution in [3.05, 3.63) is 34.9 Å². The number of benzene rings is 1. The Labute approximate surface area is 114 Å². The molecule has 1 aromatic rings. The van der Waals surface area contributed by atoms with Gasteiger partial charge in [0.15, 0.2) is 0 Å². The van der Waals surface area contributed by atoms with E-state index < -0.39 is 0 Å². The summed E-state index contributed by atoms with van der Waals surface area (Å²) in [5, 5.41) is 0.701. The van der Waals surface area contributed by atoms with Gasteiger partial charge in [-0.1, -0.05) is 36.7 Å². The Bertz CT molecular complexity index is 395. The molecular weight excluding hydrogens is 248 g/mol. The molecule has 0 aliphatic carbocycles. The molecule has 1 atom stereocenters. The maximum absolute atomic E-state index is 12.1. The van der Waals surface area contributed by atoms with Crippen molar-refractivity contribution in [2.24, 2.45) is 11.7 Å². The highest BCUT2D eigenvalue weighted by Gasteiger charge is 2.17. The SMILES string of the molecule is CC(CCCN)C(=O)N(C)Cc1ccccc1Cl.